The van der Waals surface area contributed by atoms with Crippen molar-refractivity contribution in [3.63, 3.8) is 0 Å². The molecule has 0 saturated carbocycles. The molecule has 190 valence electrons. The van der Waals surface area contributed by atoms with Crippen LogP contribution >= 0.6 is 0 Å². The fourth-order valence-electron chi connectivity index (χ4n) is 4.46. The van der Waals surface area contributed by atoms with Gasteiger partial charge in [0.25, 0.3) is 5.91 Å². The van der Waals surface area contributed by atoms with E-state index in [-0.39, 0.29) is 18.9 Å². The normalized spacial score (nSPS) is 29.9. The number of likely N-dealkylation sites (tertiary alicyclic amines) is 1. The van der Waals surface area contributed by atoms with Gasteiger partial charge < -0.3 is 24.5 Å². The Labute approximate surface area is 207 Å². The number of benzene rings is 1. The van der Waals surface area contributed by atoms with Crippen molar-refractivity contribution in [1.29, 1.82) is 0 Å². The van der Waals surface area contributed by atoms with E-state index in [9.17, 15) is 14.7 Å². The second kappa shape index (κ2) is 8.32. The molecule has 1 aromatic rings. The maximum absolute atomic E-state index is 13.1. The summed E-state index contributed by atoms with van der Waals surface area (Å²) in [6.45, 7) is 15.2. The van der Waals surface area contributed by atoms with Crippen molar-refractivity contribution < 1.29 is 28.7 Å². The largest absolute Gasteiger partial charge is 0.494 e. The van der Waals surface area contributed by atoms with Gasteiger partial charge >= 0.3 is 13.2 Å². The van der Waals surface area contributed by atoms with Crippen molar-refractivity contribution in [2.45, 2.75) is 96.3 Å². The first kappa shape index (κ1) is 25.7. The van der Waals surface area contributed by atoms with Crippen LogP contribution in [-0.2, 0) is 24.4 Å². The van der Waals surface area contributed by atoms with Gasteiger partial charge in [-0.15, -0.1) is 0 Å². The molecule has 3 aliphatic rings. The molecule has 2 amide bonds. The molecule has 0 radical (unpaired) electrons. The smallest absolute Gasteiger partial charge is 0.444 e. The van der Waals surface area contributed by atoms with Crippen LogP contribution in [0.25, 0.3) is 0 Å². The summed E-state index contributed by atoms with van der Waals surface area (Å²) < 4.78 is 17.7. The molecule has 9 nitrogen and oxygen atoms in total. The van der Waals surface area contributed by atoms with Crippen LogP contribution in [0, 0.1) is 0 Å². The van der Waals surface area contributed by atoms with Crippen LogP contribution in [0.1, 0.15) is 67.4 Å². The van der Waals surface area contributed by atoms with Gasteiger partial charge in [0.1, 0.15) is 17.0 Å². The molecule has 1 aromatic carbocycles. The minimum absolute atomic E-state index is 0.119. The van der Waals surface area contributed by atoms with Crippen LogP contribution in [-0.4, -0.2) is 70.5 Å². The van der Waals surface area contributed by atoms with Crippen LogP contribution in [0.15, 0.2) is 29.3 Å². The fourth-order valence-corrected chi connectivity index (χ4v) is 4.46. The van der Waals surface area contributed by atoms with Crippen molar-refractivity contribution in [2.75, 3.05) is 6.54 Å². The number of nitrogens with one attached hydrogen (secondary N) is 1. The highest BCUT2D eigenvalue weighted by Gasteiger charge is 2.52. The van der Waals surface area contributed by atoms with E-state index in [1.54, 1.807) is 27.7 Å². The SMILES string of the molecule is CC(C)(C)OC(=O)N1C[C@H](O)CC1C1=NC(=O)C(C)(c2ccc(B3OC(C)(C)C(C)(C)O3)cc2)N1. The van der Waals surface area contributed by atoms with Crippen LogP contribution in [0.2, 0.25) is 0 Å². The zero-order valence-corrected chi connectivity index (χ0v) is 21.8. The van der Waals surface area contributed by atoms with Gasteiger partial charge in [-0.3, -0.25) is 9.69 Å². The maximum atomic E-state index is 13.1. The Morgan fingerprint density at radius 3 is 2.26 bits per heavy atom. The zero-order chi connectivity index (χ0) is 26.0. The maximum Gasteiger partial charge on any atom is 0.494 e. The number of hydrogen-bond donors (Lipinski definition) is 2. The Balaban J connectivity index is 1.51. The molecular formula is C25H36BN3O6. The molecular weight excluding hydrogens is 449 g/mol. The third-order valence-electron chi connectivity index (χ3n) is 7.26. The molecule has 35 heavy (non-hydrogen) atoms. The van der Waals surface area contributed by atoms with Crippen molar-refractivity contribution >= 4 is 30.4 Å². The molecule has 0 bridgehead atoms. The Hall–Kier alpha value is -2.43. The number of ether oxygens (including phenoxy) is 1. The van der Waals surface area contributed by atoms with E-state index in [2.05, 4.69) is 10.3 Å². The highest BCUT2D eigenvalue weighted by atomic mass is 16.7. The molecule has 0 aromatic heterocycles. The summed E-state index contributed by atoms with van der Waals surface area (Å²) in [6, 6.07) is 6.93. The van der Waals surface area contributed by atoms with Crippen molar-refractivity contribution in [3.8, 4) is 0 Å². The minimum Gasteiger partial charge on any atom is -0.444 e. The number of hydrogen-bond acceptors (Lipinski definition) is 7. The lowest BCUT2D eigenvalue weighted by molar-refractivity contribution is -0.122. The number of nitrogens with zero attached hydrogens (tertiary/aromatic N) is 2. The quantitative estimate of drug-likeness (QED) is 0.631. The number of aliphatic hydroxyl groups is 1. The summed E-state index contributed by atoms with van der Waals surface area (Å²) in [5, 5.41) is 13.5. The molecule has 3 aliphatic heterocycles. The minimum atomic E-state index is -1.10. The number of amidine groups is 1. The molecule has 3 atom stereocenters. The van der Waals surface area contributed by atoms with Gasteiger partial charge in [0.15, 0.2) is 0 Å². The van der Waals surface area contributed by atoms with Crippen LogP contribution in [0.4, 0.5) is 4.79 Å². The number of carbonyl (C=O) groups excluding carboxylic acids is 2. The van der Waals surface area contributed by atoms with Gasteiger partial charge in [0, 0.05) is 6.42 Å². The van der Waals surface area contributed by atoms with Crippen molar-refractivity contribution in [2.24, 2.45) is 4.99 Å². The van der Waals surface area contributed by atoms with Gasteiger partial charge in [-0.2, -0.15) is 4.99 Å². The molecule has 2 fully saturated rings. The molecule has 4 rings (SSSR count). The summed E-state index contributed by atoms with van der Waals surface area (Å²) in [5.41, 5.74) is -1.08. The van der Waals surface area contributed by atoms with Crippen molar-refractivity contribution in [3.05, 3.63) is 29.8 Å². The van der Waals surface area contributed by atoms with E-state index in [0.717, 1.165) is 11.0 Å². The number of aliphatic imine (C=N–C) groups is 1. The van der Waals surface area contributed by atoms with Gasteiger partial charge in [-0.1, -0.05) is 24.3 Å². The summed E-state index contributed by atoms with van der Waals surface area (Å²) in [7, 11) is -0.497. The highest BCUT2D eigenvalue weighted by molar-refractivity contribution is 6.62. The first-order valence-electron chi connectivity index (χ1n) is 12.1. The average molecular weight is 485 g/mol. The second-order valence-electron chi connectivity index (χ2n) is 11.8. The third kappa shape index (κ3) is 4.71. The predicted octanol–water partition coefficient (Wildman–Crippen LogP) is 2.10. The lowest BCUT2D eigenvalue weighted by Gasteiger charge is -2.32. The second-order valence-corrected chi connectivity index (χ2v) is 11.8. The van der Waals surface area contributed by atoms with Gasteiger partial charge in [-0.05, 0) is 66.4 Å². The summed E-state index contributed by atoms with van der Waals surface area (Å²) in [6.07, 6.45) is -0.996. The number of rotatable bonds is 3. The monoisotopic (exact) mass is 485 g/mol. The number of aliphatic hydroxyl groups excluding tert-OH is 1. The summed E-state index contributed by atoms with van der Waals surface area (Å²) in [4.78, 5) is 31.5. The Bertz CT molecular complexity index is 1030. The molecule has 0 spiro atoms. The van der Waals surface area contributed by atoms with E-state index in [1.807, 2.05) is 52.0 Å². The van der Waals surface area contributed by atoms with E-state index in [0.29, 0.717) is 5.84 Å². The molecule has 2 N–H and O–H groups in total. The van der Waals surface area contributed by atoms with E-state index < -0.39 is 47.7 Å². The summed E-state index contributed by atoms with van der Waals surface area (Å²) >= 11 is 0. The lowest BCUT2D eigenvalue weighted by Crippen LogP contribution is -2.51. The Morgan fingerprint density at radius 1 is 1.14 bits per heavy atom. The van der Waals surface area contributed by atoms with E-state index >= 15 is 0 Å². The predicted molar refractivity (Wildman–Crippen MR) is 132 cm³/mol. The summed E-state index contributed by atoms with van der Waals surface area (Å²) in [5.74, 6) is -0.00337. The third-order valence-corrected chi connectivity index (χ3v) is 7.26. The number of β-amino-alcohol motifs (C(OH)–C–C–N with tert-alkyl or cyclic N) is 1. The number of carbonyl (C=O) groups is 2. The van der Waals surface area contributed by atoms with E-state index in [4.69, 9.17) is 14.0 Å². The first-order chi connectivity index (χ1) is 16.0. The van der Waals surface area contributed by atoms with Crippen LogP contribution < -0.4 is 10.8 Å². The van der Waals surface area contributed by atoms with Crippen LogP contribution in [0.3, 0.4) is 0 Å². The number of amides is 2. The molecule has 2 unspecified atom stereocenters. The first-order valence-corrected chi connectivity index (χ1v) is 12.1. The molecule has 10 heteroatoms. The molecule has 2 saturated heterocycles. The van der Waals surface area contributed by atoms with Gasteiger partial charge in [0.2, 0.25) is 0 Å². The Kier molecular flexibility index (Phi) is 6.10. The van der Waals surface area contributed by atoms with Crippen molar-refractivity contribution in [1.82, 2.24) is 10.2 Å². The lowest BCUT2D eigenvalue weighted by atomic mass is 9.77. The average Bonchev–Trinajstić information content (AvgIpc) is 3.33. The fraction of sp³-hybridized carbons (Fsp3) is 0.640. The molecule has 3 heterocycles. The zero-order valence-electron chi connectivity index (χ0n) is 21.8. The Morgan fingerprint density at radius 2 is 1.71 bits per heavy atom. The topological polar surface area (TPSA) is 110 Å². The van der Waals surface area contributed by atoms with Gasteiger partial charge in [0.05, 0.1) is 29.9 Å². The standard InChI is InChI=1S/C25H36BN3O6/c1-22(2,3)33-21(32)29-14-17(30)13-18(29)19-27-20(31)25(8,28-19)15-9-11-16(12-10-15)26-34-23(4,5)24(6,7)35-26/h9-12,17-18,30H,13-14H2,1-8H3,(H,27,28,31)/t17-,18?,25?/m1/s1. The highest BCUT2D eigenvalue weighted by Crippen LogP contribution is 2.37. The van der Waals surface area contributed by atoms with Crippen LogP contribution in [0.5, 0.6) is 0 Å². The van der Waals surface area contributed by atoms with E-state index in [1.165, 1.54) is 4.90 Å². The molecule has 0 aliphatic carbocycles. The van der Waals surface area contributed by atoms with Gasteiger partial charge in [-0.25, -0.2) is 4.79 Å².